The van der Waals surface area contributed by atoms with E-state index in [2.05, 4.69) is 21.2 Å². The summed E-state index contributed by atoms with van der Waals surface area (Å²) in [6.07, 6.45) is 0.524. The molecule has 6 heteroatoms. The van der Waals surface area contributed by atoms with Crippen LogP contribution in [0.2, 0.25) is 5.02 Å². The molecular formula is C12H15BrClNO3. The molecule has 1 aromatic rings. The first-order chi connectivity index (χ1) is 8.52. The van der Waals surface area contributed by atoms with E-state index in [1.807, 2.05) is 6.92 Å². The van der Waals surface area contributed by atoms with E-state index in [0.717, 1.165) is 0 Å². The summed E-state index contributed by atoms with van der Waals surface area (Å²) in [5, 5.41) is 12.0. The Morgan fingerprint density at radius 3 is 2.94 bits per heavy atom. The molecule has 0 aromatic heterocycles. The molecule has 4 nitrogen and oxygen atoms in total. The summed E-state index contributed by atoms with van der Waals surface area (Å²) in [5.74, 6) is 0.335. The predicted octanol–water partition coefficient (Wildman–Crippen LogP) is 2.37. The van der Waals surface area contributed by atoms with Crippen molar-refractivity contribution in [2.24, 2.45) is 0 Å². The van der Waals surface area contributed by atoms with Gasteiger partial charge in [-0.25, -0.2) is 0 Å². The van der Waals surface area contributed by atoms with Crippen molar-refractivity contribution in [1.82, 2.24) is 5.32 Å². The minimum Gasteiger partial charge on any atom is -0.483 e. The Morgan fingerprint density at radius 1 is 1.61 bits per heavy atom. The van der Waals surface area contributed by atoms with E-state index in [9.17, 15) is 4.79 Å². The van der Waals surface area contributed by atoms with Gasteiger partial charge in [-0.15, -0.1) is 0 Å². The molecule has 0 aliphatic carbocycles. The Hall–Kier alpha value is -0.780. The first-order valence-corrected chi connectivity index (χ1v) is 6.68. The minimum absolute atomic E-state index is 0.0467. The van der Waals surface area contributed by atoms with Gasteiger partial charge in [0.15, 0.2) is 6.61 Å². The largest absolute Gasteiger partial charge is 0.483 e. The van der Waals surface area contributed by atoms with Crippen molar-refractivity contribution in [1.29, 1.82) is 0 Å². The van der Waals surface area contributed by atoms with Gasteiger partial charge in [-0.2, -0.15) is 0 Å². The third-order valence-corrected chi connectivity index (χ3v) is 3.08. The van der Waals surface area contributed by atoms with Crippen LogP contribution in [0.5, 0.6) is 5.75 Å². The fourth-order valence-electron chi connectivity index (χ4n) is 1.32. The number of hydrogen-bond donors (Lipinski definition) is 2. The topological polar surface area (TPSA) is 58.6 Å². The van der Waals surface area contributed by atoms with Gasteiger partial charge in [0.1, 0.15) is 5.75 Å². The van der Waals surface area contributed by atoms with E-state index in [0.29, 0.717) is 21.7 Å². The van der Waals surface area contributed by atoms with Crippen LogP contribution in [0.25, 0.3) is 0 Å². The summed E-state index contributed by atoms with van der Waals surface area (Å²) in [4.78, 5) is 11.5. The molecule has 1 atom stereocenters. The summed E-state index contributed by atoms with van der Waals surface area (Å²) < 4.78 is 6.05. The Labute approximate surface area is 119 Å². The van der Waals surface area contributed by atoms with E-state index in [1.54, 1.807) is 18.2 Å². The van der Waals surface area contributed by atoms with Crippen LogP contribution in [0.4, 0.5) is 0 Å². The number of benzene rings is 1. The zero-order chi connectivity index (χ0) is 13.5. The third-order valence-electron chi connectivity index (χ3n) is 2.22. The highest BCUT2D eigenvalue weighted by Gasteiger charge is 2.09. The van der Waals surface area contributed by atoms with Crippen molar-refractivity contribution in [2.75, 3.05) is 13.2 Å². The summed E-state index contributed by atoms with van der Waals surface area (Å²) in [6.45, 7) is 1.80. The quantitative estimate of drug-likeness (QED) is 0.838. The number of aliphatic hydroxyl groups is 1. The van der Waals surface area contributed by atoms with Gasteiger partial charge in [0.2, 0.25) is 0 Å². The SMILES string of the molecule is CC(CCO)NC(=O)COc1ccc(Cl)cc1Br. The van der Waals surface area contributed by atoms with Gasteiger partial charge >= 0.3 is 0 Å². The van der Waals surface area contributed by atoms with Crippen molar-refractivity contribution in [3.05, 3.63) is 27.7 Å². The van der Waals surface area contributed by atoms with E-state index in [1.165, 1.54) is 0 Å². The van der Waals surface area contributed by atoms with E-state index < -0.39 is 0 Å². The predicted molar refractivity (Wildman–Crippen MR) is 74.0 cm³/mol. The standard InChI is InChI=1S/C12H15BrClNO3/c1-8(4-5-16)15-12(17)7-18-11-3-2-9(14)6-10(11)13/h2-3,6,8,16H,4-5,7H2,1H3,(H,15,17). The maximum atomic E-state index is 11.5. The van der Waals surface area contributed by atoms with Gasteiger partial charge in [-0.05, 0) is 47.5 Å². The second-order valence-corrected chi connectivity index (χ2v) is 5.14. The molecule has 0 radical (unpaired) electrons. The van der Waals surface area contributed by atoms with Gasteiger partial charge in [0.05, 0.1) is 4.47 Å². The summed E-state index contributed by atoms with van der Waals surface area (Å²) in [6, 6.07) is 5.01. The molecule has 0 bridgehead atoms. The van der Waals surface area contributed by atoms with Crippen molar-refractivity contribution in [3.63, 3.8) is 0 Å². The van der Waals surface area contributed by atoms with Crippen LogP contribution in [-0.4, -0.2) is 30.3 Å². The fraction of sp³-hybridized carbons (Fsp3) is 0.417. The number of carbonyl (C=O) groups excluding carboxylic acids is 1. The molecule has 0 saturated carbocycles. The number of amides is 1. The fourth-order valence-corrected chi connectivity index (χ4v) is 2.12. The molecule has 1 aromatic carbocycles. The Kier molecular flexibility index (Phi) is 6.46. The molecule has 0 spiro atoms. The molecule has 0 aliphatic heterocycles. The summed E-state index contributed by atoms with van der Waals surface area (Å²) in [7, 11) is 0. The number of hydrogen-bond acceptors (Lipinski definition) is 3. The van der Waals surface area contributed by atoms with Crippen LogP contribution in [0.15, 0.2) is 22.7 Å². The van der Waals surface area contributed by atoms with Crippen LogP contribution in [0.3, 0.4) is 0 Å². The van der Waals surface area contributed by atoms with Crippen molar-refractivity contribution in [3.8, 4) is 5.75 Å². The molecule has 18 heavy (non-hydrogen) atoms. The van der Waals surface area contributed by atoms with Crippen LogP contribution in [0, 0.1) is 0 Å². The smallest absolute Gasteiger partial charge is 0.258 e. The van der Waals surface area contributed by atoms with Crippen molar-refractivity contribution in [2.45, 2.75) is 19.4 Å². The third kappa shape index (κ3) is 5.25. The van der Waals surface area contributed by atoms with Gasteiger partial charge in [-0.1, -0.05) is 11.6 Å². The second kappa shape index (κ2) is 7.61. The highest BCUT2D eigenvalue weighted by molar-refractivity contribution is 9.10. The van der Waals surface area contributed by atoms with E-state index >= 15 is 0 Å². The maximum absolute atomic E-state index is 11.5. The number of rotatable bonds is 6. The lowest BCUT2D eigenvalue weighted by Crippen LogP contribution is -2.36. The van der Waals surface area contributed by atoms with Gasteiger partial charge in [-0.3, -0.25) is 4.79 Å². The minimum atomic E-state index is -0.224. The molecule has 0 heterocycles. The Balaban J connectivity index is 2.42. The Bertz CT molecular complexity index is 414. The van der Waals surface area contributed by atoms with Crippen LogP contribution < -0.4 is 10.1 Å². The second-order valence-electron chi connectivity index (χ2n) is 3.84. The molecule has 0 saturated heterocycles. The lowest BCUT2D eigenvalue weighted by atomic mass is 10.2. The molecular weight excluding hydrogens is 321 g/mol. The molecule has 2 N–H and O–H groups in total. The first-order valence-electron chi connectivity index (χ1n) is 5.51. The molecule has 0 fully saturated rings. The van der Waals surface area contributed by atoms with Crippen molar-refractivity contribution >= 4 is 33.4 Å². The lowest BCUT2D eigenvalue weighted by Gasteiger charge is -2.13. The number of halogens is 2. The van der Waals surface area contributed by atoms with Crippen LogP contribution in [0.1, 0.15) is 13.3 Å². The van der Waals surface area contributed by atoms with Crippen molar-refractivity contribution < 1.29 is 14.6 Å². The highest BCUT2D eigenvalue weighted by Crippen LogP contribution is 2.27. The van der Waals surface area contributed by atoms with Crippen LogP contribution in [-0.2, 0) is 4.79 Å². The highest BCUT2D eigenvalue weighted by atomic mass is 79.9. The summed E-state index contributed by atoms with van der Waals surface area (Å²) in [5.41, 5.74) is 0. The molecule has 0 aliphatic rings. The zero-order valence-corrected chi connectivity index (χ0v) is 12.3. The number of carbonyl (C=O) groups is 1. The zero-order valence-electron chi connectivity index (χ0n) is 9.95. The molecule has 1 unspecified atom stereocenters. The van der Waals surface area contributed by atoms with Crippen LogP contribution >= 0.6 is 27.5 Å². The number of nitrogens with one attached hydrogen (secondary N) is 1. The maximum Gasteiger partial charge on any atom is 0.258 e. The molecule has 100 valence electrons. The number of ether oxygens (including phenoxy) is 1. The molecule has 1 rings (SSSR count). The molecule has 1 amide bonds. The lowest BCUT2D eigenvalue weighted by molar-refractivity contribution is -0.123. The van der Waals surface area contributed by atoms with Gasteiger partial charge in [0.25, 0.3) is 5.91 Å². The van der Waals surface area contributed by atoms with Gasteiger partial charge < -0.3 is 15.2 Å². The monoisotopic (exact) mass is 335 g/mol. The average molecular weight is 337 g/mol. The Morgan fingerprint density at radius 2 is 2.33 bits per heavy atom. The summed E-state index contributed by atoms with van der Waals surface area (Å²) >= 11 is 9.09. The van der Waals surface area contributed by atoms with E-state index in [-0.39, 0.29) is 25.2 Å². The normalized spacial score (nSPS) is 12.0. The van der Waals surface area contributed by atoms with E-state index in [4.69, 9.17) is 21.4 Å². The van der Waals surface area contributed by atoms with Gasteiger partial charge in [0, 0.05) is 17.7 Å². The average Bonchev–Trinajstić information content (AvgIpc) is 2.28. The first kappa shape index (κ1) is 15.3. The number of aliphatic hydroxyl groups excluding tert-OH is 1.